The molecule has 1 aromatic heterocycles. The third-order valence-electron chi connectivity index (χ3n) is 3.02. The molecule has 1 heterocycles. The summed E-state index contributed by atoms with van der Waals surface area (Å²) in [6, 6.07) is 7.31. The Labute approximate surface area is 101 Å². The van der Waals surface area contributed by atoms with Crippen LogP contribution in [-0.4, -0.2) is 15.6 Å². The minimum absolute atomic E-state index is 0.355. The predicted octanol–water partition coefficient (Wildman–Crippen LogP) is 3.53. The summed E-state index contributed by atoms with van der Waals surface area (Å²) in [4.78, 5) is 10.9. The average molecular weight is 231 g/mol. The van der Waals surface area contributed by atoms with E-state index in [-0.39, 0.29) is 0 Å². The second-order valence-electron chi connectivity index (χ2n) is 4.29. The maximum Gasteiger partial charge on any atom is 0.335 e. The Morgan fingerprint density at radius 2 is 2.12 bits per heavy atom. The highest BCUT2D eigenvalue weighted by molar-refractivity contribution is 5.93. The Bertz CT molecular complexity index is 528. The van der Waals surface area contributed by atoms with Crippen molar-refractivity contribution in [2.24, 2.45) is 0 Å². The molecule has 3 nitrogen and oxygen atoms in total. The topological polar surface area (TPSA) is 42.2 Å². The van der Waals surface area contributed by atoms with E-state index in [2.05, 4.69) is 11.5 Å². The summed E-state index contributed by atoms with van der Waals surface area (Å²) in [7, 11) is 0. The molecule has 0 atom stereocenters. The van der Waals surface area contributed by atoms with E-state index in [0.29, 0.717) is 5.56 Å². The summed E-state index contributed by atoms with van der Waals surface area (Å²) in [6.45, 7) is 3.14. The van der Waals surface area contributed by atoms with Crippen LogP contribution in [0.3, 0.4) is 0 Å². The van der Waals surface area contributed by atoms with Gasteiger partial charge < -0.3 is 9.67 Å². The first-order chi connectivity index (χ1) is 8.22. The largest absolute Gasteiger partial charge is 0.478 e. The molecule has 0 spiro atoms. The molecule has 2 rings (SSSR count). The fourth-order valence-electron chi connectivity index (χ4n) is 2.04. The van der Waals surface area contributed by atoms with E-state index in [1.54, 1.807) is 12.1 Å². The first-order valence-electron chi connectivity index (χ1n) is 6.04. The van der Waals surface area contributed by atoms with Crippen LogP contribution in [0.15, 0.2) is 30.5 Å². The van der Waals surface area contributed by atoms with Gasteiger partial charge >= 0.3 is 5.97 Å². The number of rotatable bonds is 5. The van der Waals surface area contributed by atoms with Crippen LogP contribution >= 0.6 is 0 Å². The number of carboxylic acid groups (broad SMARTS) is 1. The molecule has 0 radical (unpaired) electrons. The standard InChI is InChI=1S/C14H17NO2/c1-2-3-4-8-15-9-7-11-5-6-12(14(16)17)10-13(11)15/h5-7,9-10H,2-4,8H2,1H3,(H,16,17). The van der Waals surface area contributed by atoms with E-state index in [1.165, 1.54) is 12.8 Å². The minimum Gasteiger partial charge on any atom is -0.478 e. The quantitative estimate of drug-likeness (QED) is 0.800. The van der Waals surface area contributed by atoms with Gasteiger partial charge in [0, 0.05) is 18.3 Å². The van der Waals surface area contributed by atoms with Crippen LogP contribution in [0, 0.1) is 0 Å². The highest BCUT2D eigenvalue weighted by Gasteiger charge is 2.06. The molecular formula is C14H17NO2. The maximum atomic E-state index is 10.9. The lowest BCUT2D eigenvalue weighted by molar-refractivity contribution is 0.0697. The van der Waals surface area contributed by atoms with Crippen molar-refractivity contribution in [2.45, 2.75) is 32.7 Å². The highest BCUT2D eigenvalue weighted by Crippen LogP contribution is 2.18. The minimum atomic E-state index is -0.867. The number of benzene rings is 1. The molecule has 0 unspecified atom stereocenters. The molecule has 3 heteroatoms. The number of aryl methyl sites for hydroxylation is 1. The molecule has 0 aliphatic rings. The highest BCUT2D eigenvalue weighted by atomic mass is 16.4. The van der Waals surface area contributed by atoms with Crippen molar-refractivity contribution < 1.29 is 9.90 Å². The molecule has 1 aromatic carbocycles. The van der Waals surface area contributed by atoms with Gasteiger partial charge in [0.25, 0.3) is 0 Å². The molecular weight excluding hydrogens is 214 g/mol. The molecule has 0 saturated carbocycles. The lowest BCUT2D eigenvalue weighted by Crippen LogP contribution is -1.99. The number of carbonyl (C=O) groups is 1. The van der Waals surface area contributed by atoms with E-state index in [0.717, 1.165) is 23.9 Å². The summed E-state index contributed by atoms with van der Waals surface area (Å²) in [5, 5.41) is 10.1. The van der Waals surface area contributed by atoms with Gasteiger partial charge in [-0.05, 0) is 30.0 Å². The van der Waals surface area contributed by atoms with E-state index >= 15 is 0 Å². The van der Waals surface area contributed by atoms with Gasteiger partial charge in [-0.1, -0.05) is 25.8 Å². The van der Waals surface area contributed by atoms with Gasteiger partial charge in [-0.25, -0.2) is 4.79 Å². The van der Waals surface area contributed by atoms with E-state index < -0.39 is 5.97 Å². The van der Waals surface area contributed by atoms with Crippen molar-refractivity contribution >= 4 is 16.9 Å². The molecule has 2 aromatic rings. The van der Waals surface area contributed by atoms with Gasteiger partial charge in [-0.15, -0.1) is 0 Å². The molecule has 0 fully saturated rings. The van der Waals surface area contributed by atoms with Gasteiger partial charge in [0.05, 0.1) is 5.56 Å². The number of hydrogen-bond acceptors (Lipinski definition) is 1. The van der Waals surface area contributed by atoms with Crippen molar-refractivity contribution in [3.63, 3.8) is 0 Å². The van der Waals surface area contributed by atoms with Crippen molar-refractivity contribution in [3.8, 4) is 0 Å². The van der Waals surface area contributed by atoms with Crippen molar-refractivity contribution in [2.75, 3.05) is 0 Å². The Morgan fingerprint density at radius 1 is 1.29 bits per heavy atom. The Morgan fingerprint density at radius 3 is 2.82 bits per heavy atom. The number of unbranched alkanes of at least 4 members (excludes halogenated alkanes) is 2. The maximum absolute atomic E-state index is 10.9. The van der Waals surface area contributed by atoms with Crippen LogP contribution in [0.5, 0.6) is 0 Å². The Balaban J connectivity index is 2.30. The summed E-state index contributed by atoms with van der Waals surface area (Å²) < 4.78 is 2.14. The van der Waals surface area contributed by atoms with Gasteiger partial charge in [0.2, 0.25) is 0 Å². The third-order valence-corrected chi connectivity index (χ3v) is 3.02. The first-order valence-corrected chi connectivity index (χ1v) is 6.04. The lowest BCUT2D eigenvalue weighted by Gasteiger charge is -2.05. The van der Waals surface area contributed by atoms with Crippen LogP contribution in [0.4, 0.5) is 0 Å². The van der Waals surface area contributed by atoms with E-state index in [9.17, 15) is 4.79 Å². The van der Waals surface area contributed by atoms with Gasteiger partial charge in [-0.3, -0.25) is 0 Å². The normalized spacial score (nSPS) is 10.9. The van der Waals surface area contributed by atoms with Crippen molar-refractivity contribution in [1.82, 2.24) is 4.57 Å². The monoisotopic (exact) mass is 231 g/mol. The van der Waals surface area contributed by atoms with Gasteiger partial charge in [-0.2, -0.15) is 0 Å². The fraction of sp³-hybridized carbons (Fsp3) is 0.357. The summed E-state index contributed by atoms with van der Waals surface area (Å²) in [5.74, 6) is -0.867. The summed E-state index contributed by atoms with van der Waals surface area (Å²) >= 11 is 0. The first kappa shape index (κ1) is 11.7. The van der Waals surface area contributed by atoms with Crippen LogP contribution in [-0.2, 0) is 6.54 Å². The zero-order valence-corrected chi connectivity index (χ0v) is 10.0. The zero-order valence-electron chi connectivity index (χ0n) is 10.0. The lowest BCUT2D eigenvalue weighted by atomic mass is 10.1. The van der Waals surface area contributed by atoms with Crippen LogP contribution in [0.2, 0.25) is 0 Å². The smallest absolute Gasteiger partial charge is 0.335 e. The fourth-order valence-corrected chi connectivity index (χ4v) is 2.04. The van der Waals surface area contributed by atoms with E-state index in [4.69, 9.17) is 5.11 Å². The van der Waals surface area contributed by atoms with Crippen molar-refractivity contribution in [3.05, 3.63) is 36.0 Å². The molecule has 0 aliphatic carbocycles. The molecule has 0 bridgehead atoms. The molecule has 90 valence electrons. The van der Waals surface area contributed by atoms with Crippen molar-refractivity contribution in [1.29, 1.82) is 0 Å². The number of aromatic carboxylic acids is 1. The summed E-state index contributed by atoms with van der Waals surface area (Å²) in [5.41, 5.74) is 1.37. The predicted molar refractivity (Wildman–Crippen MR) is 68.4 cm³/mol. The molecule has 1 N–H and O–H groups in total. The zero-order chi connectivity index (χ0) is 12.3. The number of nitrogens with zero attached hydrogens (tertiary/aromatic N) is 1. The van der Waals surface area contributed by atoms with Crippen LogP contribution in [0.25, 0.3) is 10.9 Å². The van der Waals surface area contributed by atoms with Crippen LogP contribution < -0.4 is 0 Å². The van der Waals surface area contributed by atoms with Gasteiger partial charge in [0.1, 0.15) is 0 Å². The number of aromatic nitrogens is 1. The molecule has 0 aliphatic heterocycles. The van der Waals surface area contributed by atoms with E-state index in [1.807, 2.05) is 18.3 Å². The van der Waals surface area contributed by atoms with Crippen LogP contribution in [0.1, 0.15) is 36.5 Å². The molecule has 0 amide bonds. The molecule has 0 saturated heterocycles. The number of fused-ring (bicyclic) bond motifs is 1. The summed E-state index contributed by atoms with van der Waals surface area (Å²) in [6.07, 6.45) is 5.57. The SMILES string of the molecule is CCCCCn1ccc2ccc(C(=O)O)cc21. The second-order valence-corrected chi connectivity index (χ2v) is 4.29. The average Bonchev–Trinajstić information content (AvgIpc) is 2.72. The second kappa shape index (κ2) is 5.04. The Hall–Kier alpha value is -1.77. The Kier molecular flexibility index (Phi) is 3.47. The van der Waals surface area contributed by atoms with Gasteiger partial charge in [0.15, 0.2) is 0 Å². The third kappa shape index (κ3) is 2.49. The molecule has 17 heavy (non-hydrogen) atoms. The number of hydrogen-bond donors (Lipinski definition) is 1. The number of carboxylic acids is 1.